The van der Waals surface area contributed by atoms with Crippen LogP contribution in [0.15, 0.2) is 23.1 Å². The van der Waals surface area contributed by atoms with Crippen molar-refractivity contribution in [2.45, 2.75) is 46.1 Å². The van der Waals surface area contributed by atoms with E-state index in [0.717, 1.165) is 28.5 Å². The Balaban J connectivity index is 1.86. The van der Waals surface area contributed by atoms with Crippen LogP contribution in [0.2, 0.25) is 0 Å². The molecule has 3 rings (SSSR count). The highest BCUT2D eigenvalue weighted by molar-refractivity contribution is 8.45. The van der Waals surface area contributed by atoms with Crippen LogP contribution in [-0.2, 0) is 0 Å². The first-order chi connectivity index (χ1) is 10.5. The van der Waals surface area contributed by atoms with E-state index in [9.17, 15) is 0 Å². The Bertz CT molecular complexity index is 613. The van der Waals surface area contributed by atoms with Crippen LogP contribution < -0.4 is 4.72 Å². The molecule has 1 fully saturated rings. The van der Waals surface area contributed by atoms with Gasteiger partial charge in [0, 0.05) is 28.1 Å². The summed E-state index contributed by atoms with van der Waals surface area (Å²) in [5.41, 5.74) is 3.57. The molecule has 4 heteroatoms. The van der Waals surface area contributed by atoms with E-state index in [1.807, 2.05) is 0 Å². The van der Waals surface area contributed by atoms with Crippen molar-refractivity contribution in [3.63, 3.8) is 0 Å². The maximum Gasteiger partial charge on any atom is 0.0558 e. The van der Waals surface area contributed by atoms with Gasteiger partial charge in [-0.25, -0.2) is 0 Å². The van der Waals surface area contributed by atoms with Crippen LogP contribution in [0.3, 0.4) is 0 Å². The number of hydrogen-bond donors (Lipinski definition) is 1. The summed E-state index contributed by atoms with van der Waals surface area (Å²) in [6, 6.07) is 6.95. The highest BCUT2D eigenvalue weighted by atomic mass is 32.3. The van der Waals surface area contributed by atoms with Gasteiger partial charge in [0.2, 0.25) is 0 Å². The molecule has 2 heterocycles. The highest BCUT2D eigenvalue weighted by Crippen LogP contribution is 2.79. The topological polar surface area (TPSA) is 15.3 Å². The average Bonchev–Trinajstić information content (AvgIpc) is 2.87. The maximum absolute atomic E-state index is 15.2. The summed E-state index contributed by atoms with van der Waals surface area (Å²) in [6.45, 7) is 8.35. The van der Waals surface area contributed by atoms with E-state index in [-0.39, 0.29) is 0 Å². The number of nitrogens with zero attached hydrogens (tertiary/aromatic N) is 1. The number of benzene rings is 1. The van der Waals surface area contributed by atoms with Gasteiger partial charge in [0.05, 0.1) is 4.91 Å². The second-order valence-electron chi connectivity index (χ2n) is 6.47. The molecule has 1 saturated heterocycles. The first-order valence-corrected chi connectivity index (χ1v) is 9.81. The fourth-order valence-electron chi connectivity index (χ4n) is 3.58. The molecule has 0 spiro atoms. The molecule has 2 aliphatic rings. The Morgan fingerprint density at radius 2 is 2.09 bits per heavy atom. The van der Waals surface area contributed by atoms with E-state index in [1.165, 1.54) is 30.4 Å². The molecule has 2 aliphatic heterocycles. The smallest absolute Gasteiger partial charge is 0.0558 e. The molecule has 0 saturated carbocycles. The fraction of sp³-hybridized carbons (Fsp3) is 0.556. The molecular weight excluding hydrogens is 295 g/mol. The Labute approximate surface area is 135 Å². The third-order valence-corrected chi connectivity index (χ3v) is 7.62. The van der Waals surface area contributed by atoms with E-state index in [4.69, 9.17) is 0 Å². The average molecular weight is 322 g/mol. The number of halogens is 1. The van der Waals surface area contributed by atoms with E-state index in [2.05, 4.69) is 48.6 Å². The molecule has 0 bridgehead atoms. The molecule has 0 radical (unpaired) electrons. The van der Waals surface area contributed by atoms with E-state index in [0.29, 0.717) is 6.04 Å². The molecule has 2 atom stereocenters. The maximum atomic E-state index is 15.2. The molecule has 0 aliphatic carbocycles. The van der Waals surface area contributed by atoms with Crippen molar-refractivity contribution >= 4 is 15.5 Å². The summed E-state index contributed by atoms with van der Waals surface area (Å²) in [6.07, 6.45) is 3.68. The lowest BCUT2D eigenvalue weighted by molar-refractivity contribution is 0.273. The normalized spacial score (nSPS) is 31.4. The molecule has 2 unspecified atom stereocenters. The highest BCUT2D eigenvalue weighted by Gasteiger charge is 2.50. The summed E-state index contributed by atoms with van der Waals surface area (Å²) in [7, 11) is -0.599. The van der Waals surface area contributed by atoms with Gasteiger partial charge in [-0.3, -0.25) is 9.62 Å². The first-order valence-electron chi connectivity index (χ1n) is 8.27. The van der Waals surface area contributed by atoms with Gasteiger partial charge in [-0.15, -0.1) is 0 Å². The third-order valence-electron chi connectivity index (χ3n) is 5.20. The lowest BCUT2D eigenvalue weighted by Gasteiger charge is -2.23. The lowest BCUT2D eigenvalue weighted by atomic mass is 10.1. The summed E-state index contributed by atoms with van der Waals surface area (Å²) >= 11 is 0. The van der Waals surface area contributed by atoms with Crippen molar-refractivity contribution in [2.24, 2.45) is 0 Å². The summed E-state index contributed by atoms with van der Waals surface area (Å²) < 4.78 is 18.2. The molecule has 2 nitrogen and oxygen atoms in total. The molecule has 1 N–H and O–H groups in total. The summed E-state index contributed by atoms with van der Waals surface area (Å²) in [5, 5.41) is 0. The molecular formula is C18H27FN2S. The van der Waals surface area contributed by atoms with Crippen LogP contribution in [0.1, 0.15) is 42.9 Å². The molecule has 1 aromatic carbocycles. The Kier molecular flexibility index (Phi) is 4.36. The lowest BCUT2D eigenvalue weighted by Crippen LogP contribution is -2.29. The van der Waals surface area contributed by atoms with Crippen LogP contribution in [0.5, 0.6) is 0 Å². The van der Waals surface area contributed by atoms with Crippen molar-refractivity contribution < 1.29 is 3.89 Å². The van der Waals surface area contributed by atoms with Crippen molar-refractivity contribution in [1.82, 2.24) is 9.62 Å². The minimum Gasteiger partial charge on any atom is -0.295 e. The van der Waals surface area contributed by atoms with Gasteiger partial charge in [0.15, 0.2) is 0 Å². The quantitative estimate of drug-likeness (QED) is 0.846. The van der Waals surface area contributed by atoms with Gasteiger partial charge in [-0.05, 0) is 63.4 Å². The van der Waals surface area contributed by atoms with Gasteiger partial charge in [0.25, 0.3) is 0 Å². The SMILES string of the molecule is CCC1CCCN1CC1=C(c2ccc(C)c(C)c2)S1(F)NC. The second-order valence-corrected chi connectivity index (χ2v) is 8.85. The van der Waals surface area contributed by atoms with Gasteiger partial charge >= 0.3 is 0 Å². The van der Waals surface area contributed by atoms with Crippen LogP contribution >= 0.6 is 10.6 Å². The Hall–Kier alpha value is -0.840. The molecule has 0 amide bonds. The van der Waals surface area contributed by atoms with E-state index in [1.54, 1.807) is 7.05 Å². The van der Waals surface area contributed by atoms with Crippen LogP contribution in [0.25, 0.3) is 4.91 Å². The monoisotopic (exact) mass is 322 g/mol. The van der Waals surface area contributed by atoms with Crippen LogP contribution in [0.4, 0.5) is 3.89 Å². The number of aryl methyl sites for hydroxylation is 2. The van der Waals surface area contributed by atoms with Crippen LogP contribution in [0, 0.1) is 13.8 Å². The fourth-order valence-corrected chi connectivity index (χ4v) is 5.72. The Morgan fingerprint density at radius 3 is 2.73 bits per heavy atom. The predicted molar refractivity (Wildman–Crippen MR) is 95.5 cm³/mol. The third kappa shape index (κ3) is 2.61. The van der Waals surface area contributed by atoms with E-state index < -0.39 is 10.6 Å². The minimum absolute atomic E-state index is 0.634. The number of nitrogens with one attached hydrogen (secondary N) is 1. The first kappa shape index (κ1) is 16.0. The zero-order valence-corrected chi connectivity index (χ0v) is 14.9. The van der Waals surface area contributed by atoms with E-state index >= 15 is 3.89 Å². The minimum atomic E-state index is -2.35. The van der Waals surface area contributed by atoms with Gasteiger partial charge < -0.3 is 0 Å². The predicted octanol–water partition coefficient (Wildman–Crippen LogP) is 4.68. The number of likely N-dealkylation sites (tertiary alicyclic amines) is 1. The molecule has 1 aromatic rings. The molecule has 122 valence electrons. The molecule has 22 heavy (non-hydrogen) atoms. The summed E-state index contributed by atoms with van der Waals surface area (Å²) in [4.78, 5) is 4.43. The number of hydrogen-bond acceptors (Lipinski definition) is 2. The standard InChI is InChI=1S/C18H27FN2S/c1-5-16-7-6-10-21(16)12-17-18(22(17,19)20-4)15-9-8-13(2)14(3)11-15/h8-9,11,16,20H,5-7,10,12H2,1-4H3. The van der Waals surface area contributed by atoms with Gasteiger partial charge in [0.1, 0.15) is 0 Å². The summed E-state index contributed by atoms with van der Waals surface area (Å²) in [5.74, 6) is 0. The Morgan fingerprint density at radius 1 is 1.32 bits per heavy atom. The van der Waals surface area contributed by atoms with Crippen molar-refractivity contribution in [1.29, 1.82) is 0 Å². The van der Waals surface area contributed by atoms with Crippen molar-refractivity contribution in [3.05, 3.63) is 39.8 Å². The largest absolute Gasteiger partial charge is 0.295 e. The number of rotatable bonds is 5. The molecule has 0 aromatic heterocycles. The van der Waals surface area contributed by atoms with Gasteiger partial charge in [-0.2, -0.15) is 3.89 Å². The zero-order chi connectivity index (χ0) is 15.9. The van der Waals surface area contributed by atoms with Crippen molar-refractivity contribution in [3.8, 4) is 0 Å². The van der Waals surface area contributed by atoms with Crippen LogP contribution in [-0.4, -0.2) is 31.1 Å². The van der Waals surface area contributed by atoms with Gasteiger partial charge in [-0.1, -0.05) is 25.1 Å². The zero-order valence-electron chi connectivity index (χ0n) is 14.1. The van der Waals surface area contributed by atoms with Crippen molar-refractivity contribution in [2.75, 3.05) is 20.1 Å². The second kappa shape index (κ2) is 5.99.